The van der Waals surface area contributed by atoms with Crippen LogP contribution in [-0.2, 0) is 6.42 Å². The van der Waals surface area contributed by atoms with Crippen LogP contribution >= 0.6 is 0 Å². The van der Waals surface area contributed by atoms with Crippen LogP contribution in [0.25, 0.3) is 0 Å². The van der Waals surface area contributed by atoms with Crippen LogP contribution < -0.4 is 0 Å². The molecule has 58 valence electrons. The van der Waals surface area contributed by atoms with Gasteiger partial charge in [0, 0.05) is 6.20 Å². The molecule has 1 rings (SSSR count). The zero-order chi connectivity index (χ0) is 8.97. The Balaban J connectivity index is 3.37. The Bertz CT molecular complexity index is 368. The van der Waals surface area contributed by atoms with Crippen molar-refractivity contribution in [1.29, 1.82) is 10.5 Å². The highest BCUT2D eigenvalue weighted by Crippen LogP contribution is 2.10. The van der Waals surface area contributed by atoms with Crippen molar-refractivity contribution in [2.75, 3.05) is 0 Å². The van der Waals surface area contributed by atoms with Gasteiger partial charge in [-0.05, 0) is 18.1 Å². The van der Waals surface area contributed by atoms with Crippen LogP contribution in [0.4, 0.5) is 0 Å². The first-order valence-corrected chi connectivity index (χ1v) is 3.61. The van der Waals surface area contributed by atoms with Crippen molar-refractivity contribution in [2.45, 2.75) is 13.3 Å². The second-order valence-electron chi connectivity index (χ2n) is 2.27. The zero-order valence-corrected chi connectivity index (χ0v) is 6.70. The number of hydrogen-bond donors (Lipinski definition) is 0. The molecule has 0 radical (unpaired) electrons. The van der Waals surface area contributed by atoms with E-state index in [0.717, 1.165) is 12.0 Å². The van der Waals surface area contributed by atoms with Gasteiger partial charge in [-0.2, -0.15) is 10.5 Å². The molecule has 0 aliphatic heterocycles. The lowest BCUT2D eigenvalue weighted by atomic mass is 10.1. The predicted molar refractivity (Wildman–Crippen MR) is 43.0 cm³/mol. The van der Waals surface area contributed by atoms with Gasteiger partial charge < -0.3 is 0 Å². The van der Waals surface area contributed by atoms with E-state index in [1.807, 2.05) is 19.1 Å². The molecule has 0 saturated heterocycles. The molecule has 0 atom stereocenters. The van der Waals surface area contributed by atoms with Crippen LogP contribution in [0.3, 0.4) is 0 Å². The van der Waals surface area contributed by atoms with Crippen molar-refractivity contribution in [3.05, 3.63) is 29.1 Å². The maximum absolute atomic E-state index is 8.72. The molecule has 0 fully saturated rings. The molecular formula is C9H7N3. The Morgan fingerprint density at radius 3 is 2.67 bits per heavy atom. The highest BCUT2D eigenvalue weighted by Gasteiger charge is 2.06. The van der Waals surface area contributed by atoms with Gasteiger partial charge in [-0.1, -0.05) is 6.92 Å². The first kappa shape index (κ1) is 8.23. The summed E-state index contributed by atoms with van der Waals surface area (Å²) in [6.07, 6.45) is 2.30. The average molecular weight is 157 g/mol. The molecule has 0 aliphatic rings. The Hall–Kier alpha value is -1.87. The minimum atomic E-state index is 0.219. The summed E-state index contributed by atoms with van der Waals surface area (Å²) < 4.78 is 0. The topological polar surface area (TPSA) is 60.5 Å². The van der Waals surface area contributed by atoms with Gasteiger partial charge in [0.2, 0.25) is 0 Å². The maximum Gasteiger partial charge on any atom is 0.158 e. The molecule has 0 bridgehead atoms. The Kier molecular flexibility index (Phi) is 2.40. The number of aromatic nitrogens is 1. The zero-order valence-electron chi connectivity index (χ0n) is 6.70. The van der Waals surface area contributed by atoms with Gasteiger partial charge >= 0.3 is 0 Å². The molecule has 0 N–H and O–H groups in total. The van der Waals surface area contributed by atoms with E-state index in [9.17, 15) is 0 Å². The predicted octanol–water partition coefficient (Wildman–Crippen LogP) is 1.39. The van der Waals surface area contributed by atoms with Crippen molar-refractivity contribution < 1.29 is 0 Å². The van der Waals surface area contributed by atoms with E-state index in [2.05, 4.69) is 4.98 Å². The number of pyridine rings is 1. The van der Waals surface area contributed by atoms with E-state index in [4.69, 9.17) is 10.5 Å². The molecule has 1 heterocycles. The van der Waals surface area contributed by atoms with Gasteiger partial charge in [0.15, 0.2) is 5.69 Å². The summed E-state index contributed by atoms with van der Waals surface area (Å²) in [5, 5.41) is 17.3. The molecule has 0 saturated carbocycles. The van der Waals surface area contributed by atoms with Crippen molar-refractivity contribution in [1.82, 2.24) is 4.98 Å². The van der Waals surface area contributed by atoms with Crippen LogP contribution in [0.2, 0.25) is 0 Å². The van der Waals surface area contributed by atoms with Gasteiger partial charge in [-0.3, -0.25) is 0 Å². The molecule has 0 spiro atoms. The molecule has 3 nitrogen and oxygen atoms in total. The quantitative estimate of drug-likeness (QED) is 0.618. The average Bonchev–Trinajstić information content (AvgIpc) is 2.16. The standard InChI is InChI=1S/C9H7N3/c1-2-7-3-4-12-9(6-11)8(7)5-10/h3-4H,2H2,1H3. The lowest BCUT2D eigenvalue weighted by Crippen LogP contribution is -1.94. The summed E-state index contributed by atoms with van der Waals surface area (Å²) >= 11 is 0. The van der Waals surface area contributed by atoms with Gasteiger partial charge in [-0.25, -0.2) is 4.98 Å². The molecule has 0 unspecified atom stereocenters. The highest BCUT2D eigenvalue weighted by atomic mass is 14.7. The van der Waals surface area contributed by atoms with Crippen molar-refractivity contribution in [2.24, 2.45) is 0 Å². The molecular weight excluding hydrogens is 150 g/mol. The van der Waals surface area contributed by atoms with Crippen LogP contribution in [0.15, 0.2) is 12.3 Å². The van der Waals surface area contributed by atoms with E-state index in [1.165, 1.54) is 0 Å². The van der Waals surface area contributed by atoms with Crippen LogP contribution in [-0.4, -0.2) is 4.98 Å². The third-order valence-electron chi connectivity index (χ3n) is 1.64. The first-order valence-electron chi connectivity index (χ1n) is 3.61. The first-order chi connectivity index (χ1) is 5.83. The SMILES string of the molecule is CCc1ccnc(C#N)c1C#N. The van der Waals surface area contributed by atoms with E-state index in [0.29, 0.717) is 5.56 Å². The van der Waals surface area contributed by atoms with Crippen molar-refractivity contribution in [3.63, 3.8) is 0 Å². The van der Waals surface area contributed by atoms with E-state index in [1.54, 1.807) is 12.3 Å². The minimum absolute atomic E-state index is 0.219. The van der Waals surface area contributed by atoms with Crippen LogP contribution in [0, 0.1) is 22.7 Å². The summed E-state index contributed by atoms with van der Waals surface area (Å²) in [6, 6.07) is 5.63. The van der Waals surface area contributed by atoms with Gasteiger partial charge in [0.05, 0.1) is 5.56 Å². The fourth-order valence-electron chi connectivity index (χ4n) is 1.01. The number of nitriles is 2. The smallest absolute Gasteiger partial charge is 0.158 e. The van der Waals surface area contributed by atoms with Gasteiger partial charge in [0.1, 0.15) is 12.1 Å². The molecule has 3 heteroatoms. The number of aryl methyl sites for hydroxylation is 1. The largest absolute Gasteiger partial charge is 0.244 e. The Morgan fingerprint density at radius 1 is 1.42 bits per heavy atom. The number of nitrogens with zero attached hydrogens (tertiary/aromatic N) is 3. The fraction of sp³-hybridized carbons (Fsp3) is 0.222. The Morgan fingerprint density at radius 2 is 2.17 bits per heavy atom. The van der Waals surface area contributed by atoms with Crippen molar-refractivity contribution in [3.8, 4) is 12.1 Å². The van der Waals surface area contributed by atoms with Gasteiger partial charge in [-0.15, -0.1) is 0 Å². The molecule has 0 aromatic carbocycles. The summed E-state index contributed by atoms with van der Waals surface area (Å²) in [4.78, 5) is 3.79. The number of hydrogen-bond acceptors (Lipinski definition) is 3. The van der Waals surface area contributed by atoms with Crippen LogP contribution in [0.5, 0.6) is 0 Å². The molecule has 0 amide bonds. The summed E-state index contributed by atoms with van der Waals surface area (Å²) in [6.45, 7) is 1.94. The third-order valence-corrected chi connectivity index (χ3v) is 1.64. The molecule has 1 aromatic heterocycles. The van der Waals surface area contributed by atoms with E-state index >= 15 is 0 Å². The summed E-state index contributed by atoms with van der Waals surface area (Å²) in [7, 11) is 0. The van der Waals surface area contributed by atoms with Crippen molar-refractivity contribution >= 4 is 0 Å². The summed E-state index contributed by atoms with van der Waals surface area (Å²) in [5.41, 5.74) is 1.50. The van der Waals surface area contributed by atoms with Gasteiger partial charge in [0.25, 0.3) is 0 Å². The monoisotopic (exact) mass is 157 g/mol. The van der Waals surface area contributed by atoms with E-state index < -0.39 is 0 Å². The second-order valence-corrected chi connectivity index (χ2v) is 2.27. The normalized spacial score (nSPS) is 8.58. The molecule has 0 aliphatic carbocycles. The second kappa shape index (κ2) is 3.50. The molecule has 1 aromatic rings. The lowest BCUT2D eigenvalue weighted by molar-refractivity contribution is 1.09. The highest BCUT2D eigenvalue weighted by molar-refractivity contribution is 5.45. The maximum atomic E-state index is 8.72. The number of rotatable bonds is 1. The summed E-state index contributed by atoms with van der Waals surface area (Å²) in [5.74, 6) is 0. The molecule has 12 heavy (non-hydrogen) atoms. The fourth-order valence-corrected chi connectivity index (χ4v) is 1.01. The third kappa shape index (κ3) is 1.26. The lowest BCUT2D eigenvalue weighted by Gasteiger charge is -1.99. The van der Waals surface area contributed by atoms with Crippen LogP contribution in [0.1, 0.15) is 23.7 Å². The Labute approximate surface area is 70.9 Å². The van der Waals surface area contributed by atoms with E-state index in [-0.39, 0.29) is 5.69 Å². The minimum Gasteiger partial charge on any atom is -0.244 e.